The predicted octanol–water partition coefficient (Wildman–Crippen LogP) is 3.14. The zero-order chi connectivity index (χ0) is 10.6. The Hall–Kier alpha value is -0.300. The van der Waals surface area contributed by atoms with Crippen LogP contribution in [0.5, 0.6) is 0 Å². The Morgan fingerprint density at radius 2 is 1.53 bits per heavy atom. The van der Waals surface area contributed by atoms with Gasteiger partial charge in [-0.3, -0.25) is 0 Å². The summed E-state index contributed by atoms with van der Waals surface area (Å²) in [5.41, 5.74) is 2.96. The van der Waals surface area contributed by atoms with Crippen molar-refractivity contribution in [2.24, 2.45) is 23.7 Å². The lowest BCUT2D eigenvalue weighted by Crippen LogP contribution is -2.41. The molecule has 4 rings (SSSR count). The van der Waals surface area contributed by atoms with Gasteiger partial charge < -0.3 is 5.11 Å². The maximum atomic E-state index is 9.75. The van der Waals surface area contributed by atoms with Gasteiger partial charge in [-0.15, -0.1) is 0 Å². The van der Waals surface area contributed by atoms with Crippen molar-refractivity contribution in [2.45, 2.75) is 52.1 Å². The van der Waals surface area contributed by atoms with Crippen LogP contribution in [0.4, 0.5) is 0 Å². The highest BCUT2D eigenvalue weighted by Gasteiger charge is 2.45. The molecule has 15 heavy (non-hydrogen) atoms. The third-order valence-corrected chi connectivity index (χ3v) is 5.10. The molecular formula is C14H22O. The quantitative estimate of drug-likeness (QED) is 0.653. The molecule has 84 valence electrons. The Kier molecular flexibility index (Phi) is 2.21. The number of allylic oxidation sites excluding steroid dienone is 1. The van der Waals surface area contributed by atoms with Crippen molar-refractivity contribution in [2.75, 3.05) is 0 Å². The maximum Gasteiger partial charge on any atom is 0.0722 e. The second-order valence-electron chi connectivity index (χ2n) is 6.12. The molecule has 1 unspecified atom stereocenters. The highest BCUT2D eigenvalue weighted by atomic mass is 16.3. The van der Waals surface area contributed by atoms with Gasteiger partial charge in [0.05, 0.1) is 6.10 Å². The molecule has 4 fully saturated rings. The van der Waals surface area contributed by atoms with Gasteiger partial charge in [-0.1, -0.05) is 5.57 Å². The minimum Gasteiger partial charge on any atom is -0.389 e. The molecule has 1 atom stereocenters. The van der Waals surface area contributed by atoms with Gasteiger partial charge in [0.15, 0.2) is 0 Å². The molecule has 0 aliphatic heterocycles. The van der Waals surface area contributed by atoms with Crippen LogP contribution in [-0.4, -0.2) is 11.2 Å². The lowest BCUT2D eigenvalue weighted by Gasteiger charge is -2.52. The molecule has 0 spiro atoms. The average Bonchev–Trinajstić information content (AvgIpc) is 2.15. The van der Waals surface area contributed by atoms with Crippen molar-refractivity contribution in [1.82, 2.24) is 0 Å². The first-order valence-electron chi connectivity index (χ1n) is 6.53. The van der Waals surface area contributed by atoms with E-state index in [9.17, 15) is 5.11 Å². The minimum atomic E-state index is -0.225. The van der Waals surface area contributed by atoms with Crippen molar-refractivity contribution in [1.29, 1.82) is 0 Å². The second-order valence-corrected chi connectivity index (χ2v) is 6.12. The van der Waals surface area contributed by atoms with Gasteiger partial charge in [0.1, 0.15) is 0 Å². The van der Waals surface area contributed by atoms with Crippen molar-refractivity contribution in [3.8, 4) is 0 Å². The molecule has 0 amide bonds. The lowest BCUT2D eigenvalue weighted by atomic mass is 9.53. The summed E-state index contributed by atoms with van der Waals surface area (Å²) in [6.07, 6.45) is 6.98. The van der Waals surface area contributed by atoms with Crippen LogP contribution in [0.15, 0.2) is 11.1 Å². The summed E-state index contributed by atoms with van der Waals surface area (Å²) in [6.45, 7) is 4.08. The molecule has 4 aliphatic rings. The predicted molar refractivity (Wildman–Crippen MR) is 61.4 cm³/mol. The monoisotopic (exact) mass is 206 g/mol. The lowest BCUT2D eigenvalue weighted by molar-refractivity contribution is 0.0656. The maximum absolute atomic E-state index is 9.75. The van der Waals surface area contributed by atoms with Crippen molar-refractivity contribution in [3.63, 3.8) is 0 Å². The zero-order valence-corrected chi connectivity index (χ0v) is 9.87. The van der Waals surface area contributed by atoms with E-state index in [1.807, 2.05) is 6.92 Å². The van der Waals surface area contributed by atoms with Gasteiger partial charge >= 0.3 is 0 Å². The largest absolute Gasteiger partial charge is 0.389 e. The Balaban J connectivity index is 1.95. The van der Waals surface area contributed by atoms with Gasteiger partial charge in [0.2, 0.25) is 0 Å². The summed E-state index contributed by atoms with van der Waals surface area (Å²) < 4.78 is 0. The van der Waals surface area contributed by atoms with Gasteiger partial charge in [-0.2, -0.15) is 0 Å². The van der Waals surface area contributed by atoms with Gasteiger partial charge in [0, 0.05) is 0 Å². The molecule has 1 nitrogen and oxygen atoms in total. The Morgan fingerprint density at radius 3 is 1.93 bits per heavy atom. The molecule has 0 heterocycles. The first-order chi connectivity index (χ1) is 7.15. The highest BCUT2D eigenvalue weighted by Crippen LogP contribution is 2.57. The van der Waals surface area contributed by atoms with E-state index in [0.717, 1.165) is 23.7 Å². The highest BCUT2D eigenvalue weighted by molar-refractivity contribution is 5.27. The summed E-state index contributed by atoms with van der Waals surface area (Å²) in [6, 6.07) is 0. The molecule has 1 heteroatoms. The Labute approximate surface area is 92.6 Å². The number of rotatable bonds is 1. The summed E-state index contributed by atoms with van der Waals surface area (Å²) >= 11 is 0. The van der Waals surface area contributed by atoms with Crippen LogP contribution in [-0.2, 0) is 0 Å². The van der Waals surface area contributed by atoms with E-state index in [2.05, 4.69) is 6.92 Å². The third kappa shape index (κ3) is 1.47. The number of aliphatic hydroxyl groups is 1. The summed E-state index contributed by atoms with van der Waals surface area (Å²) in [7, 11) is 0. The second kappa shape index (κ2) is 3.35. The standard InChI is InChI=1S/C14H22O/c1-8(9(2)15)14-12-4-10-3-11(6-12)7-13(14)5-10/h9-13,15H,3-7H2,1-2H3. The SMILES string of the molecule is CC(=C1C2CC3CC(C2)CC1C3)C(C)O. The van der Waals surface area contributed by atoms with Crippen LogP contribution in [0.25, 0.3) is 0 Å². The van der Waals surface area contributed by atoms with E-state index in [4.69, 9.17) is 0 Å². The fourth-order valence-electron chi connectivity index (χ4n) is 4.58. The average molecular weight is 206 g/mol. The van der Waals surface area contributed by atoms with Crippen molar-refractivity contribution < 1.29 is 5.11 Å². The van der Waals surface area contributed by atoms with E-state index in [1.165, 1.54) is 37.7 Å². The van der Waals surface area contributed by atoms with E-state index in [1.54, 1.807) is 5.57 Å². The first kappa shape index (κ1) is 9.89. The third-order valence-electron chi connectivity index (χ3n) is 5.10. The Bertz CT molecular complexity index is 270. The normalized spacial score (nSPS) is 44.6. The van der Waals surface area contributed by atoms with Crippen LogP contribution < -0.4 is 0 Å². The van der Waals surface area contributed by atoms with E-state index in [-0.39, 0.29) is 6.10 Å². The first-order valence-corrected chi connectivity index (χ1v) is 6.53. The number of hydrogen-bond acceptors (Lipinski definition) is 1. The van der Waals surface area contributed by atoms with Gasteiger partial charge in [-0.25, -0.2) is 0 Å². The summed E-state index contributed by atoms with van der Waals surface area (Å²) in [4.78, 5) is 0. The molecule has 1 N–H and O–H groups in total. The minimum absolute atomic E-state index is 0.225. The summed E-state index contributed by atoms with van der Waals surface area (Å²) in [5.74, 6) is 3.74. The molecule has 4 aliphatic carbocycles. The van der Waals surface area contributed by atoms with Crippen LogP contribution >= 0.6 is 0 Å². The smallest absolute Gasteiger partial charge is 0.0722 e. The molecule has 0 aromatic carbocycles. The number of hydrogen-bond donors (Lipinski definition) is 1. The molecule has 0 radical (unpaired) electrons. The molecule has 0 aromatic heterocycles. The molecular weight excluding hydrogens is 184 g/mol. The van der Waals surface area contributed by atoms with Crippen LogP contribution in [0, 0.1) is 23.7 Å². The van der Waals surface area contributed by atoms with Crippen molar-refractivity contribution >= 4 is 0 Å². The van der Waals surface area contributed by atoms with E-state index >= 15 is 0 Å². The van der Waals surface area contributed by atoms with E-state index < -0.39 is 0 Å². The van der Waals surface area contributed by atoms with E-state index in [0.29, 0.717) is 0 Å². The van der Waals surface area contributed by atoms with Crippen LogP contribution in [0.3, 0.4) is 0 Å². The molecule has 4 saturated carbocycles. The zero-order valence-electron chi connectivity index (χ0n) is 9.87. The van der Waals surface area contributed by atoms with Gasteiger partial charge in [-0.05, 0) is 75.2 Å². The van der Waals surface area contributed by atoms with Crippen molar-refractivity contribution in [3.05, 3.63) is 11.1 Å². The molecule has 4 bridgehead atoms. The van der Waals surface area contributed by atoms with Gasteiger partial charge in [0.25, 0.3) is 0 Å². The molecule has 0 aromatic rings. The van der Waals surface area contributed by atoms with Crippen LogP contribution in [0.2, 0.25) is 0 Å². The summed E-state index contributed by atoms with van der Waals surface area (Å²) in [5, 5.41) is 9.75. The Morgan fingerprint density at radius 1 is 1.07 bits per heavy atom. The fourth-order valence-corrected chi connectivity index (χ4v) is 4.58. The molecule has 0 saturated heterocycles. The fraction of sp³-hybridized carbons (Fsp3) is 0.857. The topological polar surface area (TPSA) is 20.2 Å². The van der Waals surface area contributed by atoms with Crippen LogP contribution in [0.1, 0.15) is 46.0 Å². The number of aliphatic hydroxyl groups excluding tert-OH is 1.